The molecule has 0 N–H and O–H groups in total. The van der Waals surface area contributed by atoms with E-state index < -0.39 is 0 Å². The van der Waals surface area contributed by atoms with Crippen molar-refractivity contribution in [2.24, 2.45) is 7.05 Å². The van der Waals surface area contributed by atoms with Crippen LogP contribution in [-0.2, 0) is 18.3 Å². The number of rotatable bonds is 8. The molecule has 1 aliphatic heterocycles. The second kappa shape index (κ2) is 10.8. The third kappa shape index (κ3) is 5.97. The lowest BCUT2D eigenvalue weighted by Crippen LogP contribution is -2.35. The van der Waals surface area contributed by atoms with Crippen molar-refractivity contribution in [3.05, 3.63) is 57.0 Å². The topological polar surface area (TPSA) is 55.2 Å². The van der Waals surface area contributed by atoms with Gasteiger partial charge in [0.2, 0.25) is 5.91 Å². The lowest BCUT2D eigenvalue weighted by Gasteiger charge is -2.26. The standard InChI is InChI=1S/C24H33N3O2S/c1-18-10-12-20(13-11-18)17-21-19(2)25-24(26(3)23(21)29)30-16-8-5-9-22(28)27-14-6-4-7-15-27/h10-13H,4-9,14-17H2,1-3H3. The van der Waals surface area contributed by atoms with Crippen LogP contribution in [0.3, 0.4) is 0 Å². The first-order chi connectivity index (χ1) is 14.5. The number of hydrogen-bond donors (Lipinski definition) is 0. The Kier molecular flexibility index (Phi) is 8.14. The fourth-order valence-corrected chi connectivity index (χ4v) is 4.82. The molecule has 0 spiro atoms. The zero-order valence-electron chi connectivity index (χ0n) is 18.4. The van der Waals surface area contributed by atoms with Gasteiger partial charge >= 0.3 is 0 Å². The van der Waals surface area contributed by atoms with Crippen LogP contribution in [0.25, 0.3) is 0 Å². The van der Waals surface area contributed by atoms with Crippen molar-refractivity contribution in [2.45, 2.75) is 63.9 Å². The third-order valence-electron chi connectivity index (χ3n) is 5.78. The molecule has 1 aromatic heterocycles. The van der Waals surface area contributed by atoms with Gasteiger partial charge in [0.05, 0.1) is 0 Å². The Morgan fingerprint density at radius 3 is 2.47 bits per heavy atom. The zero-order valence-corrected chi connectivity index (χ0v) is 19.3. The Labute approximate surface area is 183 Å². The van der Waals surface area contributed by atoms with Crippen LogP contribution in [0, 0.1) is 13.8 Å². The normalized spacial score (nSPS) is 14.2. The smallest absolute Gasteiger partial charge is 0.257 e. The predicted molar refractivity (Wildman–Crippen MR) is 123 cm³/mol. The number of nitrogens with zero attached hydrogens (tertiary/aromatic N) is 3. The average Bonchev–Trinajstić information content (AvgIpc) is 2.76. The molecule has 30 heavy (non-hydrogen) atoms. The highest BCUT2D eigenvalue weighted by Gasteiger charge is 2.16. The van der Waals surface area contributed by atoms with Crippen molar-refractivity contribution in [2.75, 3.05) is 18.8 Å². The minimum Gasteiger partial charge on any atom is -0.343 e. The van der Waals surface area contributed by atoms with Crippen molar-refractivity contribution in [1.29, 1.82) is 0 Å². The van der Waals surface area contributed by atoms with E-state index in [1.54, 1.807) is 23.4 Å². The Morgan fingerprint density at radius 2 is 1.77 bits per heavy atom. The van der Waals surface area contributed by atoms with E-state index >= 15 is 0 Å². The van der Waals surface area contributed by atoms with Gasteiger partial charge in [0, 0.05) is 50.0 Å². The molecule has 1 amide bonds. The monoisotopic (exact) mass is 427 g/mol. The molecule has 0 saturated carbocycles. The second-order valence-electron chi connectivity index (χ2n) is 8.23. The van der Waals surface area contributed by atoms with Gasteiger partial charge in [-0.2, -0.15) is 0 Å². The van der Waals surface area contributed by atoms with Crippen LogP contribution in [0.1, 0.15) is 60.9 Å². The van der Waals surface area contributed by atoms with Crippen LogP contribution >= 0.6 is 11.8 Å². The van der Waals surface area contributed by atoms with Crippen molar-refractivity contribution in [3.63, 3.8) is 0 Å². The highest BCUT2D eigenvalue weighted by atomic mass is 32.2. The van der Waals surface area contributed by atoms with E-state index in [-0.39, 0.29) is 5.56 Å². The first-order valence-corrected chi connectivity index (χ1v) is 12.0. The fourth-order valence-electron chi connectivity index (χ4n) is 3.82. The maximum absolute atomic E-state index is 12.9. The van der Waals surface area contributed by atoms with Crippen LogP contribution in [-0.4, -0.2) is 39.2 Å². The van der Waals surface area contributed by atoms with E-state index in [0.29, 0.717) is 18.7 Å². The van der Waals surface area contributed by atoms with E-state index in [4.69, 9.17) is 4.98 Å². The number of aromatic nitrogens is 2. The summed E-state index contributed by atoms with van der Waals surface area (Å²) in [6.07, 6.45) is 6.60. The van der Waals surface area contributed by atoms with E-state index in [1.165, 1.54) is 12.0 Å². The molecule has 2 heterocycles. The van der Waals surface area contributed by atoms with Crippen molar-refractivity contribution < 1.29 is 4.79 Å². The molecule has 3 rings (SSSR count). The fraction of sp³-hybridized carbons (Fsp3) is 0.542. The molecule has 2 aromatic rings. The number of aryl methyl sites for hydroxylation is 2. The number of amides is 1. The predicted octanol–water partition coefficient (Wildman–Crippen LogP) is 4.26. The van der Waals surface area contributed by atoms with E-state index in [2.05, 4.69) is 31.2 Å². The number of thioether (sulfide) groups is 1. The molecule has 162 valence electrons. The number of unbranched alkanes of at least 4 members (excludes halogenated alkanes) is 1. The van der Waals surface area contributed by atoms with E-state index in [9.17, 15) is 9.59 Å². The molecule has 0 radical (unpaired) electrons. The van der Waals surface area contributed by atoms with Crippen LogP contribution in [0.15, 0.2) is 34.2 Å². The van der Waals surface area contributed by atoms with Gasteiger partial charge in [-0.3, -0.25) is 14.2 Å². The van der Waals surface area contributed by atoms with Crippen molar-refractivity contribution in [1.82, 2.24) is 14.5 Å². The average molecular weight is 428 g/mol. The van der Waals surface area contributed by atoms with E-state index in [1.807, 2.05) is 11.8 Å². The molecule has 1 saturated heterocycles. The molecule has 6 heteroatoms. The molecular weight excluding hydrogens is 394 g/mol. The zero-order chi connectivity index (χ0) is 21.5. The lowest BCUT2D eigenvalue weighted by molar-refractivity contribution is -0.132. The summed E-state index contributed by atoms with van der Waals surface area (Å²) in [7, 11) is 1.80. The highest BCUT2D eigenvalue weighted by Crippen LogP contribution is 2.19. The summed E-state index contributed by atoms with van der Waals surface area (Å²) in [6, 6.07) is 8.29. The maximum atomic E-state index is 12.9. The summed E-state index contributed by atoms with van der Waals surface area (Å²) in [5.41, 5.74) is 3.94. The quantitative estimate of drug-likeness (QED) is 0.359. The number of likely N-dealkylation sites (tertiary alicyclic amines) is 1. The Bertz CT molecular complexity index is 915. The van der Waals surface area contributed by atoms with Gasteiger partial charge in [-0.25, -0.2) is 4.98 Å². The Balaban J connectivity index is 1.52. The largest absolute Gasteiger partial charge is 0.343 e. The van der Waals surface area contributed by atoms with Crippen molar-refractivity contribution >= 4 is 17.7 Å². The van der Waals surface area contributed by atoms with Crippen molar-refractivity contribution in [3.8, 4) is 0 Å². The number of hydrogen-bond acceptors (Lipinski definition) is 4. The molecule has 5 nitrogen and oxygen atoms in total. The van der Waals surface area contributed by atoms with Gasteiger partial charge < -0.3 is 4.90 Å². The summed E-state index contributed by atoms with van der Waals surface area (Å²) in [5.74, 6) is 1.16. The minimum absolute atomic E-state index is 0.0332. The molecule has 1 aliphatic rings. The van der Waals surface area contributed by atoms with E-state index in [0.717, 1.165) is 66.5 Å². The van der Waals surface area contributed by atoms with Gasteiger partial charge in [0.1, 0.15) is 0 Å². The van der Waals surface area contributed by atoms with Gasteiger partial charge in [-0.1, -0.05) is 41.6 Å². The Hall–Kier alpha value is -2.08. The first kappa shape index (κ1) is 22.6. The SMILES string of the molecule is Cc1ccc(Cc2c(C)nc(SCCCCC(=O)N3CCCCC3)n(C)c2=O)cc1. The van der Waals surface area contributed by atoms with Gasteiger partial charge in [0.25, 0.3) is 5.56 Å². The summed E-state index contributed by atoms with van der Waals surface area (Å²) in [4.78, 5) is 31.9. The van der Waals surface area contributed by atoms with Crippen LogP contribution in [0.5, 0.6) is 0 Å². The first-order valence-electron chi connectivity index (χ1n) is 11.0. The summed E-state index contributed by atoms with van der Waals surface area (Å²) in [6.45, 7) is 5.83. The van der Waals surface area contributed by atoms with Crippen LogP contribution in [0.2, 0.25) is 0 Å². The second-order valence-corrected chi connectivity index (χ2v) is 9.29. The Morgan fingerprint density at radius 1 is 1.07 bits per heavy atom. The summed E-state index contributed by atoms with van der Waals surface area (Å²) < 4.78 is 1.67. The lowest BCUT2D eigenvalue weighted by atomic mass is 10.0. The number of piperidine rings is 1. The van der Waals surface area contributed by atoms with Crippen LogP contribution in [0.4, 0.5) is 0 Å². The van der Waals surface area contributed by atoms with Gasteiger partial charge in [0.15, 0.2) is 5.16 Å². The number of carbonyl (C=O) groups excluding carboxylic acids is 1. The van der Waals surface area contributed by atoms with Crippen LogP contribution < -0.4 is 5.56 Å². The molecule has 0 unspecified atom stereocenters. The molecule has 1 aromatic carbocycles. The molecule has 0 bridgehead atoms. The highest BCUT2D eigenvalue weighted by molar-refractivity contribution is 7.99. The number of benzene rings is 1. The van der Waals surface area contributed by atoms with Gasteiger partial charge in [-0.15, -0.1) is 0 Å². The molecular formula is C24H33N3O2S. The summed E-state index contributed by atoms with van der Waals surface area (Å²) >= 11 is 1.61. The molecule has 1 fully saturated rings. The third-order valence-corrected chi connectivity index (χ3v) is 6.89. The molecule has 0 atom stereocenters. The maximum Gasteiger partial charge on any atom is 0.257 e. The summed E-state index contributed by atoms with van der Waals surface area (Å²) in [5, 5.41) is 0.757. The van der Waals surface area contributed by atoms with Gasteiger partial charge in [-0.05, 0) is 51.5 Å². The minimum atomic E-state index is 0.0332. The number of carbonyl (C=O) groups is 1. The molecule has 0 aliphatic carbocycles.